The molecule has 1 heterocycles. The van der Waals surface area contributed by atoms with E-state index in [1.807, 2.05) is 30.3 Å². The van der Waals surface area contributed by atoms with Gasteiger partial charge in [-0.2, -0.15) is 0 Å². The lowest BCUT2D eigenvalue weighted by Crippen LogP contribution is -2.41. The molecule has 3 amide bonds. The molecule has 5 heteroatoms. The lowest BCUT2D eigenvalue weighted by Gasteiger charge is -2.20. The fraction of sp³-hybridized carbons (Fsp3) is 0.211. The van der Waals surface area contributed by atoms with Crippen LogP contribution in [-0.2, 0) is 16.0 Å². The SMILES string of the molecule is CN1CC(=O)N(C(=O)CCc2ccccc2)c2ccccc2C1=O. The first-order valence-corrected chi connectivity index (χ1v) is 7.82. The van der Waals surface area contributed by atoms with Gasteiger partial charge >= 0.3 is 0 Å². The zero-order valence-electron chi connectivity index (χ0n) is 13.4. The summed E-state index contributed by atoms with van der Waals surface area (Å²) < 4.78 is 0. The van der Waals surface area contributed by atoms with E-state index in [0.29, 0.717) is 17.7 Å². The first-order valence-electron chi connectivity index (χ1n) is 7.82. The zero-order chi connectivity index (χ0) is 17.1. The van der Waals surface area contributed by atoms with Crippen molar-refractivity contribution >= 4 is 23.4 Å². The Bertz CT molecular complexity index is 786. The molecule has 0 saturated heterocycles. The number of para-hydroxylation sites is 1. The largest absolute Gasteiger partial charge is 0.332 e. The average Bonchev–Trinajstić information content (AvgIpc) is 2.69. The Labute approximate surface area is 140 Å². The van der Waals surface area contributed by atoms with Crippen molar-refractivity contribution in [3.05, 3.63) is 65.7 Å². The number of hydrogen-bond acceptors (Lipinski definition) is 3. The lowest BCUT2D eigenvalue weighted by molar-refractivity contribution is -0.126. The highest BCUT2D eigenvalue weighted by molar-refractivity contribution is 6.21. The summed E-state index contributed by atoms with van der Waals surface area (Å²) in [6.07, 6.45) is 0.761. The molecule has 122 valence electrons. The molecular formula is C19H18N2O3. The molecule has 0 N–H and O–H groups in total. The highest BCUT2D eigenvalue weighted by Crippen LogP contribution is 2.26. The molecule has 5 nitrogen and oxygen atoms in total. The van der Waals surface area contributed by atoms with Crippen molar-refractivity contribution in [2.45, 2.75) is 12.8 Å². The maximum absolute atomic E-state index is 12.7. The fourth-order valence-corrected chi connectivity index (χ4v) is 2.82. The fourth-order valence-electron chi connectivity index (χ4n) is 2.82. The molecule has 1 aliphatic rings. The summed E-state index contributed by atoms with van der Waals surface area (Å²) in [6.45, 7) is -0.107. The molecule has 0 saturated carbocycles. The molecule has 0 fully saturated rings. The van der Waals surface area contributed by atoms with E-state index in [1.54, 1.807) is 31.3 Å². The van der Waals surface area contributed by atoms with Gasteiger partial charge in [0, 0.05) is 13.5 Å². The van der Waals surface area contributed by atoms with Crippen LogP contribution in [0.25, 0.3) is 0 Å². The molecule has 0 unspecified atom stereocenters. The highest BCUT2D eigenvalue weighted by Gasteiger charge is 2.32. The van der Waals surface area contributed by atoms with Crippen LogP contribution in [0.1, 0.15) is 22.3 Å². The number of imide groups is 1. The summed E-state index contributed by atoms with van der Waals surface area (Å²) in [5.41, 5.74) is 1.78. The van der Waals surface area contributed by atoms with Gasteiger partial charge in [0.1, 0.15) is 6.54 Å². The van der Waals surface area contributed by atoms with Crippen LogP contribution in [0.3, 0.4) is 0 Å². The minimum absolute atomic E-state index is 0.107. The van der Waals surface area contributed by atoms with Gasteiger partial charge in [-0.15, -0.1) is 0 Å². The topological polar surface area (TPSA) is 57.7 Å². The van der Waals surface area contributed by atoms with Crippen LogP contribution < -0.4 is 4.90 Å². The minimum atomic E-state index is -0.381. The van der Waals surface area contributed by atoms with E-state index in [4.69, 9.17) is 0 Å². The second-order valence-corrected chi connectivity index (χ2v) is 5.79. The van der Waals surface area contributed by atoms with Crippen molar-refractivity contribution in [3.8, 4) is 0 Å². The van der Waals surface area contributed by atoms with Crippen molar-refractivity contribution in [1.29, 1.82) is 0 Å². The van der Waals surface area contributed by atoms with E-state index in [9.17, 15) is 14.4 Å². The van der Waals surface area contributed by atoms with E-state index < -0.39 is 0 Å². The number of carbonyl (C=O) groups is 3. The van der Waals surface area contributed by atoms with Crippen LogP contribution in [0.4, 0.5) is 5.69 Å². The quantitative estimate of drug-likeness (QED) is 0.871. The molecule has 0 radical (unpaired) electrons. The van der Waals surface area contributed by atoms with Crippen LogP contribution in [0.5, 0.6) is 0 Å². The maximum atomic E-state index is 12.7. The number of carbonyl (C=O) groups excluding carboxylic acids is 3. The Balaban J connectivity index is 1.88. The van der Waals surface area contributed by atoms with Gasteiger partial charge in [-0.05, 0) is 24.1 Å². The van der Waals surface area contributed by atoms with Crippen molar-refractivity contribution in [1.82, 2.24) is 4.90 Å². The van der Waals surface area contributed by atoms with Crippen LogP contribution in [0.2, 0.25) is 0 Å². The van der Waals surface area contributed by atoms with E-state index in [2.05, 4.69) is 0 Å². The molecule has 0 bridgehead atoms. The number of nitrogens with zero attached hydrogens (tertiary/aromatic N) is 2. The number of amides is 3. The minimum Gasteiger partial charge on any atom is -0.332 e. The predicted octanol–water partition coefficient (Wildman–Crippen LogP) is 2.26. The van der Waals surface area contributed by atoms with E-state index in [0.717, 1.165) is 10.5 Å². The Hall–Kier alpha value is -2.95. The summed E-state index contributed by atoms with van der Waals surface area (Å²) >= 11 is 0. The number of aryl methyl sites for hydroxylation is 1. The van der Waals surface area contributed by atoms with Crippen molar-refractivity contribution in [3.63, 3.8) is 0 Å². The Morgan fingerprint density at radius 1 is 1.00 bits per heavy atom. The Morgan fingerprint density at radius 2 is 1.67 bits per heavy atom. The van der Waals surface area contributed by atoms with Crippen molar-refractivity contribution in [2.24, 2.45) is 0 Å². The molecular weight excluding hydrogens is 304 g/mol. The Kier molecular flexibility index (Phi) is 4.42. The molecule has 2 aromatic carbocycles. The van der Waals surface area contributed by atoms with E-state index >= 15 is 0 Å². The van der Waals surface area contributed by atoms with Crippen LogP contribution in [-0.4, -0.2) is 36.2 Å². The molecule has 0 spiro atoms. The summed E-state index contributed by atoms with van der Waals surface area (Å²) in [7, 11) is 1.56. The third-order valence-corrected chi connectivity index (χ3v) is 4.06. The first kappa shape index (κ1) is 15.9. The number of rotatable bonds is 3. The van der Waals surface area contributed by atoms with Gasteiger partial charge in [0.2, 0.25) is 5.91 Å². The van der Waals surface area contributed by atoms with Gasteiger partial charge in [-0.1, -0.05) is 42.5 Å². The molecule has 3 rings (SSSR count). The summed E-state index contributed by atoms with van der Waals surface area (Å²) in [6, 6.07) is 16.4. The van der Waals surface area contributed by atoms with E-state index in [-0.39, 0.29) is 30.7 Å². The van der Waals surface area contributed by atoms with Crippen molar-refractivity contribution < 1.29 is 14.4 Å². The number of hydrogen-bond donors (Lipinski definition) is 0. The van der Waals surface area contributed by atoms with Gasteiger partial charge in [0.15, 0.2) is 0 Å². The predicted molar refractivity (Wildman–Crippen MR) is 90.7 cm³/mol. The van der Waals surface area contributed by atoms with Crippen molar-refractivity contribution in [2.75, 3.05) is 18.5 Å². The third-order valence-electron chi connectivity index (χ3n) is 4.06. The van der Waals surface area contributed by atoms with Gasteiger partial charge in [0.25, 0.3) is 11.8 Å². The molecule has 0 aromatic heterocycles. The van der Waals surface area contributed by atoms with E-state index in [1.165, 1.54) is 4.90 Å². The Morgan fingerprint density at radius 3 is 2.42 bits per heavy atom. The van der Waals surface area contributed by atoms with Gasteiger partial charge < -0.3 is 4.90 Å². The summed E-state index contributed by atoms with van der Waals surface area (Å²) in [4.78, 5) is 40.0. The zero-order valence-corrected chi connectivity index (χ0v) is 13.4. The van der Waals surface area contributed by atoms with Gasteiger partial charge in [0.05, 0.1) is 11.3 Å². The number of anilines is 1. The second-order valence-electron chi connectivity index (χ2n) is 5.79. The van der Waals surface area contributed by atoms with Crippen LogP contribution >= 0.6 is 0 Å². The number of likely N-dealkylation sites (N-methyl/N-ethyl adjacent to an activating group) is 1. The molecule has 1 aliphatic heterocycles. The van der Waals surface area contributed by atoms with Crippen LogP contribution in [0.15, 0.2) is 54.6 Å². The summed E-state index contributed by atoms with van der Waals surface area (Å²) in [5.74, 6) is -0.925. The smallest absolute Gasteiger partial charge is 0.256 e. The van der Waals surface area contributed by atoms with Crippen LogP contribution in [0, 0.1) is 0 Å². The molecule has 0 aliphatic carbocycles. The average molecular weight is 322 g/mol. The third kappa shape index (κ3) is 3.06. The number of fused-ring (bicyclic) bond motifs is 1. The number of benzene rings is 2. The highest BCUT2D eigenvalue weighted by atomic mass is 16.2. The first-order chi connectivity index (χ1) is 11.6. The van der Waals surface area contributed by atoms with Gasteiger partial charge in [-0.25, -0.2) is 4.90 Å². The van der Waals surface area contributed by atoms with Gasteiger partial charge in [-0.3, -0.25) is 14.4 Å². The lowest BCUT2D eigenvalue weighted by atomic mass is 10.1. The second kappa shape index (κ2) is 6.66. The molecule has 2 aromatic rings. The summed E-state index contributed by atoms with van der Waals surface area (Å²) in [5, 5.41) is 0. The normalized spacial score (nSPS) is 14.4. The molecule has 0 atom stereocenters. The monoisotopic (exact) mass is 322 g/mol. The maximum Gasteiger partial charge on any atom is 0.256 e. The molecule has 24 heavy (non-hydrogen) atoms. The standard InChI is InChI=1S/C19H18N2O3/c1-20-13-18(23)21(16-10-6-5-9-15(16)19(20)24)17(22)12-11-14-7-3-2-4-8-14/h2-10H,11-13H2,1H3.